The first-order valence-corrected chi connectivity index (χ1v) is 11.5. The Hall–Kier alpha value is -2.01. The molecule has 7 nitrogen and oxygen atoms in total. The zero-order valence-corrected chi connectivity index (χ0v) is 17.9. The summed E-state index contributed by atoms with van der Waals surface area (Å²) in [5.41, 5.74) is 0.874. The lowest BCUT2D eigenvalue weighted by Crippen LogP contribution is -2.26. The Kier molecular flexibility index (Phi) is 5.13. The van der Waals surface area contributed by atoms with E-state index in [9.17, 15) is 13.2 Å². The van der Waals surface area contributed by atoms with Gasteiger partial charge in [0.05, 0.1) is 22.3 Å². The summed E-state index contributed by atoms with van der Waals surface area (Å²) in [4.78, 5) is 17.2. The van der Waals surface area contributed by atoms with Gasteiger partial charge in [0.2, 0.25) is 10.0 Å². The normalized spacial score (nSPS) is 14.2. The highest BCUT2D eigenvalue weighted by atomic mass is 79.9. The molecule has 1 aliphatic rings. The Morgan fingerprint density at radius 1 is 1.29 bits per heavy atom. The summed E-state index contributed by atoms with van der Waals surface area (Å²) in [6, 6.07) is 9.90. The van der Waals surface area contributed by atoms with Crippen molar-refractivity contribution >= 4 is 58.5 Å². The number of carbonyl (C=O) groups excluding carboxylic acids is 1. The van der Waals surface area contributed by atoms with E-state index in [-0.39, 0.29) is 16.5 Å². The number of hydrogen-bond donors (Lipinski definition) is 2. The summed E-state index contributed by atoms with van der Waals surface area (Å²) in [5, 5.41) is 3.14. The largest absolute Gasteiger partial charge is 0.494 e. The van der Waals surface area contributed by atoms with E-state index in [4.69, 9.17) is 4.74 Å². The predicted molar refractivity (Wildman–Crippen MR) is 112 cm³/mol. The van der Waals surface area contributed by atoms with E-state index in [2.05, 4.69) is 31.0 Å². The van der Waals surface area contributed by atoms with Gasteiger partial charge in [-0.15, -0.1) is 0 Å². The van der Waals surface area contributed by atoms with Gasteiger partial charge >= 0.3 is 0 Å². The average molecular weight is 482 g/mol. The summed E-state index contributed by atoms with van der Waals surface area (Å²) in [5.74, 6) is 0.169. The number of rotatable bonds is 6. The first kappa shape index (κ1) is 19.3. The number of fused-ring (bicyclic) bond motifs is 1. The minimum atomic E-state index is -3.65. The molecular formula is C18H16BrN3O4S2. The van der Waals surface area contributed by atoms with Gasteiger partial charge in [-0.1, -0.05) is 17.4 Å². The highest BCUT2D eigenvalue weighted by molar-refractivity contribution is 9.10. The highest BCUT2D eigenvalue weighted by Crippen LogP contribution is 2.33. The van der Waals surface area contributed by atoms with E-state index in [1.165, 1.54) is 23.5 Å². The second-order valence-corrected chi connectivity index (χ2v) is 9.92. The molecule has 0 spiro atoms. The van der Waals surface area contributed by atoms with Crippen molar-refractivity contribution in [3.8, 4) is 5.75 Å². The van der Waals surface area contributed by atoms with Gasteiger partial charge in [-0.2, -0.15) is 0 Å². The van der Waals surface area contributed by atoms with E-state index < -0.39 is 15.9 Å². The molecule has 1 aliphatic carbocycles. The van der Waals surface area contributed by atoms with Gasteiger partial charge < -0.3 is 4.74 Å². The number of anilines is 1. The second kappa shape index (κ2) is 7.43. The number of methoxy groups -OCH3 is 1. The van der Waals surface area contributed by atoms with Crippen LogP contribution >= 0.6 is 27.3 Å². The van der Waals surface area contributed by atoms with Crippen molar-refractivity contribution in [3.05, 3.63) is 46.4 Å². The topological polar surface area (TPSA) is 97.4 Å². The molecule has 1 heterocycles. The van der Waals surface area contributed by atoms with Crippen LogP contribution in [0.4, 0.5) is 5.13 Å². The highest BCUT2D eigenvalue weighted by Gasteiger charge is 2.28. The lowest BCUT2D eigenvalue weighted by molar-refractivity contribution is 0.102. The molecular weight excluding hydrogens is 466 g/mol. The molecule has 0 aliphatic heterocycles. The Labute approximate surface area is 174 Å². The molecule has 1 saturated carbocycles. The molecule has 0 saturated heterocycles. The molecule has 2 aromatic carbocycles. The third kappa shape index (κ3) is 3.90. The van der Waals surface area contributed by atoms with E-state index in [0.717, 1.165) is 17.5 Å². The number of hydrogen-bond acceptors (Lipinski definition) is 6. The second-order valence-electron chi connectivity index (χ2n) is 6.32. The number of ether oxygens (including phenoxy) is 1. The zero-order chi connectivity index (χ0) is 19.9. The van der Waals surface area contributed by atoms with Crippen molar-refractivity contribution in [2.75, 3.05) is 12.4 Å². The molecule has 0 radical (unpaired) electrons. The monoisotopic (exact) mass is 481 g/mol. The van der Waals surface area contributed by atoms with Crippen LogP contribution < -0.4 is 14.8 Å². The summed E-state index contributed by atoms with van der Waals surface area (Å²) in [7, 11) is -2.09. The maximum atomic E-state index is 12.8. The van der Waals surface area contributed by atoms with E-state index in [1.807, 2.05) is 12.1 Å². The number of sulfonamides is 1. The van der Waals surface area contributed by atoms with Crippen LogP contribution in [0.3, 0.4) is 0 Å². The van der Waals surface area contributed by atoms with Gasteiger partial charge in [0, 0.05) is 10.5 Å². The molecule has 4 rings (SSSR count). The van der Waals surface area contributed by atoms with Crippen LogP contribution in [-0.2, 0) is 10.0 Å². The smallest absolute Gasteiger partial charge is 0.258 e. The minimum Gasteiger partial charge on any atom is -0.494 e. The maximum absolute atomic E-state index is 12.8. The number of aromatic nitrogens is 1. The molecule has 0 unspecified atom stereocenters. The Bertz CT molecular complexity index is 1170. The van der Waals surface area contributed by atoms with Crippen LogP contribution in [0.2, 0.25) is 0 Å². The molecule has 0 atom stereocenters. The summed E-state index contributed by atoms with van der Waals surface area (Å²) in [6.45, 7) is 0. The maximum Gasteiger partial charge on any atom is 0.258 e. The van der Waals surface area contributed by atoms with Crippen molar-refractivity contribution in [2.24, 2.45) is 0 Å². The van der Waals surface area contributed by atoms with Gasteiger partial charge in [-0.25, -0.2) is 18.1 Å². The standard InChI is InChI=1S/C18H16BrN3O4S2/c1-26-14-3-2-4-15-16(14)20-18(27-15)21-17(23)12-9-11(7-8-13(12)19)28(24,25)22-10-5-6-10/h2-4,7-10,22H,5-6H2,1H3,(H,20,21,23). The summed E-state index contributed by atoms with van der Waals surface area (Å²) >= 11 is 4.63. The Balaban J connectivity index is 1.62. The van der Waals surface area contributed by atoms with Crippen molar-refractivity contribution in [3.63, 3.8) is 0 Å². The van der Waals surface area contributed by atoms with E-state index >= 15 is 0 Å². The van der Waals surface area contributed by atoms with Crippen LogP contribution in [0.5, 0.6) is 5.75 Å². The SMILES string of the molecule is COc1cccc2sc(NC(=O)c3cc(S(=O)(=O)NC4CC4)ccc3Br)nc12. The Morgan fingerprint density at radius 3 is 2.79 bits per heavy atom. The number of carbonyl (C=O) groups is 1. The molecule has 146 valence electrons. The molecule has 0 bridgehead atoms. The van der Waals surface area contributed by atoms with Gasteiger partial charge in [0.1, 0.15) is 11.3 Å². The number of amides is 1. The van der Waals surface area contributed by atoms with Crippen LogP contribution in [-0.4, -0.2) is 32.5 Å². The van der Waals surface area contributed by atoms with Gasteiger partial charge in [0.25, 0.3) is 5.91 Å². The van der Waals surface area contributed by atoms with Crippen molar-refractivity contribution in [1.82, 2.24) is 9.71 Å². The number of nitrogens with zero attached hydrogens (tertiary/aromatic N) is 1. The average Bonchev–Trinajstić information content (AvgIpc) is 3.36. The molecule has 10 heteroatoms. The predicted octanol–water partition coefficient (Wildman–Crippen LogP) is 3.76. The molecule has 1 amide bonds. The van der Waals surface area contributed by atoms with Crippen LogP contribution in [0, 0.1) is 0 Å². The summed E-state index contributed by atoms with van der Waals surface area (Å²) < 4.78 is 34.1. The van der Waals surface area contributed by atoms with Crippen molar-refractivity contribution in [2.45, 2.75) is 23.8 Å². The summed E-state index contributed by atoms with van der Waals surface area (Å²) in [6.07, 6.45) is 1.67. The quantitative estimate of drug-likeness (QED) is 0.558. The fraction of sp³-hybridized carbons (Fsp3) is 0.222. The lowest BCUT2D eigenvalue weighted by Gasteiger charge is -2.09. The van der Waals surface area contributed by atoms with Gasteiger partial charge in [-0.3, -0.25) is 10.1 Å². The molecule has 1 aromatic heterocycles. The van der Waals surface area contributed by atoms with Crippen LogP contribution in [0.1, 0.15) is 23.2 Å². The molecule has 28 heavy (non-hydrogen) atoms. The number of thiazole rings is 1. The lowest BCUT2D eigenvalue weighted by atomic mass is 10.2. The van der Waals surface area contributed by atoms with Gasteiger partial charge in [-0.05, 0) is 59.1 Å². The molecule has 1 fully saturated rings. The first-order chi connectivity index (χ1) is 13.4. The number of halogens is 1. The fourth-order valence-electron chi connectivity index (χ4n) is 2.64. The van der Waals surface area contributed by atoms with Crippen LogP contribution in [0.15, 0.2) is 45.8 Å². The van der Waals surface area contributed by atoms with Crippen LogP contribution in [0.25, 0.3) is 10.2 Å². The van der Waals surface area contributed by atoms with Crippen molar-refractivity contribution in [1.29, 1.82) is 0 Å². The third-order valence-corrected chi connectivity index (χ3v) is 7.36. The van der Waals surface area contributed by atoms with E-state index in [0.29, 0.717) is 20.9 Å². The fourth-order valence-corrected chi connectivity index (χ4v) is 5.28. The van der Waals surface area contributed by atoms with Crippen molar-refractivity contribution < 1.29 is 17.9 Å². The van der Waals surface area contributed by atoms with Gasteiger partial charge in [0.15, 0.2) is 5.13 Å². The van der Waals surface area contributed by atoms with E-state index in [1.54, 1.807) is 19.2 Å². The molecule has 3 aromatic rings. The third-order valence-electron chi connectivity index (χ3n) is 4.21. The number of para-hydroxylation sites is 1. The molecule has 2 N–H and O–H groups in total. The zero-order valence-electron chi connectivity index (χ0n) is 14.7. The number of nitrogens with one attached hydrogen (secondary N) is 2. The first-order valence-electron chi connectivity index (χ1n) is 8.44. The Morgan fingerprint density at radius 2 is 2.07 bits per heavy atom. The number of benzene rings is 2. The minimum absolute atomic E-state index is 0.0105.